The number of carbonyl (C=O) groups excluding carboxylic acids is 3. The molecule has 1 aliphatic heterocycles. The number of hydrogen-bond acceptors (Lipinski definition) is 8. The van der Waals surface area contributed by atoms with E-state index in [0.29, 0.717) is 44.7 Å². The Labute approximate surface area is 304 Å². The molecule has 1 aromatic heterocycles. The molecule has 2 aromatic rings. The monoisotopic (exact) mass is 712 g/mol. The lowest BCUT2D eigenvalue weighted by Gasteiger charge is -2.32. The van der Waals surface area contributed by atoms with Gasteiger partial charge < -0.3 is 36.3 Å². The number of aliphatic hydroxyl groups excluding tert-OH is 1. The number of nitrogens with zero attached hydrogens (tertiary/aromatic N) is 2. The molecule has 51 heavy (non-hydrogen) atoms. The van der Waals surface area contributed by atoms with E-state index in [0.717, 1.165) is 53.5 Å². The first-order valence-electron chi connectivity index (χ1n) is 18.7. The first kappa shape index (κ1) is 42.1. The zero-order chi connectivity index (χ0) is 37.7. The Hall–Kier alpha value is -3.32. The van der Waals surface area contributed by atoms with Crippen LogP contribution in [0.15, 0.2) is 29.3 Å². The number of allylic oxidation sites excluding steroid dienone is 1. The average Bonchev–Trinajstić information content (AvgIpc) is 3.39. The van der Waals surface area contributed by atoms with E-state index in [9.17, 15) is 19.5 Å². The van der Waals surface area contributed by atoms with E-state index in [1.165, 1.54) is 0 Å². The largest absolute Gasteiger partial charge is 0.391 e. The molecule has 1 aliphatic rings. The van der Waals surface area contributed by atoms with Crippen LogP contribution in [-0.2, 0) is 36.8 Å². The molecule has 6 N–H and O–H groups in total. The zero-order valence-electron chi connectivity index (χ0n) is 32.2. The highest BCUT2D eigenvalue weighted by Gasteiger charge is 2.32. The van der Waals surface area contributed by atoms with Crippen LogP contribution in [-0.4, -0.2) is 90.3 Å². The van der Waals surface area contributed by atoms with Crippen molar-refractivity contribution >= 4 is 28.6 Å². The van der Waals surface area contributed by atoms with Gasteiger partial charge in [0, 0.05) is 56.9 Å². The summed E-state index contributed by atoms with van der Waals surface area (Å²) in [6.45, 7) is 16.4. The molecule has 0 bridgehead atoms. The molecule has 3 rings (SSSR count). The Morgan fingerprint density at radius 1 is 1.10 bits per heavy atom. The minimum Gasteiger partial charge on any atom is -0.391 e. The summed E-state index contributed by atoms with van der Waals surface area (Å²) in [5.41, 5.74) is 10.1. The molecule has 0 aliphatic carbocycles. The van der Waals surface area contributed by atoms with Gasteiger partial charge in [0.1, 0.15) is 6.04 Å². The number of carbonyl (C=O) groups is 3. The van der Waals surface area contributed by atoms with Crippen molar-refractivity contribution in [1.29, 1.82) is 0 Å². The molecule has 0 spiro atoms. The van der Waals surface area contributed by atoms with Crippen LogP contribution < -0.4 is 21.7 Å². The number of aliphatic hydroxyl groups is 1. The Kier molecular flexibility index (Phi) is 17.0. The number of aromatic nitrogens is 2. The van der Waals surface area contributed by atoms with Crippen molar-refractivity contribution < 1.29 is 29.0 Å². The number of rotatable bonds is 20. The molecule has 4 atom stereocenters. The van der Waals surface area contributed by atoms with Gasteiger partial charge in [-0.1, -0.05) is 45.4 Å². The Morgan fingerprint density at radius 3 is 2.41 bits per heavy atom. The number of amides is 3. The average molecular weight is 713 g/mol. The molecule has 2 heterocycles. The smallest absolute Gasteiger partial charge is 0.247 e. The van der Waals surface area contributed by atoms with Gasteiger partial charge in [0.05, 0.1) is 29.9 Å². The second kappa shape index (κ2) is 20.7. The first-order valence-corrected chi connectivity index (χ1v) is 18.7. The van der Waals surface area contributed by atoms with Gasteiger partial charge >= 0.3 is 0 Å². The number of nitrogens with two attached hydrogens (primary N) is 1. The molecular formula is C39H64N6O6. The topological polar surface area (TPSA) is 170 Å². The summed E-state index contributed by atoms with van der Waals surface area (Å²) >= 11 is 0. The maximum atomic E-state index is 13.9. The number of fused-ring (bicyclic) bond motifs is 1. The van der Waals surface area contributed by atoms with Crippen LogP contribution in [0.1, 0.15) is 91.3 Å². The fraction of sp³-hybridized carbons (Fsp3) is 0.692. The van der Waals surface area contributed by atoms with Gasteiger partial charge in [0.15, 0.2) is 0 Å². The van der Waals surface area contributed by atoms with E-state index in [1.807, 2.05) is 39.3 Å². The van der Waals surface area contributed by atoms with Crippen molar-refractivity contribution in [2.45, 2.75) is 124 Å². The fourth-order valence-corrected chi connectivity index (χ4v) is 6.80. The molecule has 1 aromatic carbocycles. The van der Waals surface area contributed by atoms with Crippen LogP contribution in [0.5, 0.6) is 0 Å². The van der Waals surface area contributed by atoms with Crippen LogP contribution in [0.2, 0.25) is 0 Å². The molecule has 12 heteroatoms. The summed E-state index contributed by atoms with van der Waals surface area (Å²) in [6, 6.07) is 4.98. The van der Waals surface area contributed by atoms with Crippen LogP contribution in [0, 0.1) is 24.7 Å². The number of ether oxygens (including phenoxy) is 2. The van der Waals surface area contributed by atoms with Gasteiger partial charge in [-0.15, -0.1) is 0 Å². The van der Waals surface area contributed by atoms with Gasteiger partial charge in [0.2, 0.25) is 17.7 Å². The van der Waals surface area contributed by atoms with Crippen molar-refractivity contribution in [3.8, 4) is 0 Å². The van der Waals surface area contributed by atoms with Crippen molar-refractivity contribution in [2.24, 2.45) is 23.5 Å². The standard InChI is InChI=1S/C39H64N6O6/c1-24(2)18-34(42-37(47)23-40)39(49)43-33(36(46)22-32(26(5)6)38(48)41-30-12-16-51-17-13-30)21-29(25(3)4)19-28-10-11-31-27(7)44-45(35(31)20-28)14-9-15-50-8/h10-11,20,24-25,29-30,33-34,36,46H,9,12-19,21-23,40H2,1-8H3,(H,41,48)(H,42,47)(H,43,49)/t29?,33-,34?,36-/m0/s1. The normalized spacial score (nSPS) is 16.2. The minimum absolute atomic E-state index is 0.0129. The van der Waals surface area contributed by atoms with Crippen molar-refractivity contribution in [1.82, 2.24) is 25.7 Å². The first-order chi connectivity index (χ1) is 24.2. The third kappa shape index (κ3) is 13.0. The Balaban J connectivity index is 1.91. The van der Waals surface area contributed by atoms with Gasteiger partial charge in [-0.2, -0.15) is 5.10 Å². The summed E-state index contributed by atoms with van der Waals surface area (Å²) < 4.78 is 12.8. The number of benzene rings is 1. The molecule has 2 unspecified atom stereocenters. The lowest BCUT2D eigenvalue weighted by atomic mass is 9.81. The molecule has 3 amide bonds. The molecule has 0 radical (unpaired) electrons. The Morgan fingerprint density at radius 2 is 1.80 bits per heavy atom. The van der Waals surface area contributed by atoms with E-state index >= 15 is 0 Å². The third-order valence-corrected chi connectivity index (χ3v) is 9.90. The summed E-state index contributed by atoms with van der Waals surface area (Å²) in [5.74, 6) is -0.593. The van der Waals surface area contributed by atoms with Crippen LogP contribution in [0.3, 0.4) is 0 Å². The summed E-state index contributed by atoms with van der Waals surface area (Å²) in [5, 5.41) is 26.8. The molecule has 1 saturated heterocycles. The van der Waals surface area contributed by atoms with E-state index < -0.39 is 24.1 Å². The highest BCUT2D eigenvalue weighted by Crippen LogP contribution is 2.28. The number of nitrogens with one attached hydrogen (secondary N) is 3. The second-order valence-corrected chi connectivity index (χ2v) is 15.1. The molecule has 12 nitrogen and oxygen atoms in total. The number of hydrogen-bond donors (Lipinski definition) is 5. The molecular weight excluding hydrogens is 648 g/mol. The number of methoxy groups -OCH3 is 1. The van der Waals surface area contributed by atoms with E-state index in [2.05, 4.69) is 48.0 Å². The lowest BCUT2D eigenvalue weighted by Crippen LogP contribution is -2.54. The highest BCUT2D eigenvalue weighted by molar-refractivity contribution is 5.94. The quantitative estimate of drug-likeness (QED) is 0.102. The minimum atomic E-state index is -1.06. The zero-order valence-corrected chi connectivity index (χ0v) is 32.2. The molecule has 0 saturated carbocycles. The van der Waals surface area contributed by atoms with E-state index in [1.54, 1.807) is 7.11 Å². The van der Waals surface area contributed by atoms with Crippen molar-refractivity contribution in [2.75, 3.05) is 33.5 Å². The second-order valence-electron chi connectivity index (χ2n) is 15.1. The SMILES string of the molecule is COCCCn1nc(C)c2ccc(CC(C[C@H](NC(=O)C(CC(C)C)NC(=O)CN)[C@@H](O)CC(C(=O)NC3CCOCC3)=C(C)C)C(C)C)cc21. The van der Waals surface area contributed by atoms with Gasteiger partial charge in [0.25, 0.3) is 0 Å². The van der Waals surface area contributed by atoms with Crippen LogP contribution in [0.4, 0.5) is 0 Å². The molecule has 1 fully saturated rings. The highest BCUT2D eigenvalue weighted by atomic mass is 16.5. The predicted molar refractivity (Wildman–Crippen MR) is 201 cm³/mol. The Bertz CT molecular complexity index is 1460. The van der Waals surface area contributed by atoms with Gasteiger partial charge in [-0.05, 0) is 88.7 Å². The third-order valence-electron chi connectivity index (χ3n) is 9.90. The molecule has 286 valence electrons. The summed E-state index contributed by atoms with van der Waals surface area (Å²) in [7, 11) is 1.70. The van der Waals surface area contributed by atoms with Crippen molar-refractivity contribution in [3.63, 3.8) is 0 Å². The van der Waals surface area contributed by atoms with Crippen LogP contribution >= 0.6 is 0 Å². The maximum absolute atomic E-state index is 13.9. The predicted octanol–water partition coefficient (Wildman–Crippen LogP) is 3.94. The van der Waals surface area contributed by atoms with E-state index in [-0.39, 0.29) is 48.6 Å². The lowest BCUT2D eigenvalue weighted by molar-refractivity contribution is -0.130. The van der Waals surface area contributed by atoms with Gasteiger partial charge in [-0.25, -0.2) is 0 Å². The number of aryl methyl sites for hydroxylation is 2. The summed E-state index contributed by atoms with van der Waals surface area (Å²) in [6.07, 6.45) is 2.95. The van der Waals surface area contributed by atoms with E-state index in [4.69, 9.17) is 20.3 Å². The maximum Gasteiger partial charge on any atom is 0.247 e. The summed E-state index contributed by atoms with van der Waals surface area (Å²) in [4.78, 5) is 39.7. The van der Waals surface area contributed by atoms with Gasteiger partial charge in [-0.3, -0.25) is 19.1 Å². The van der Waals surface area contributed by atoms with Crippen molar-refractivity contribution in [3.05, 3.63) is 40.6 Å². The fourth-order valence-electron chi connectivity index (χ4n) is 6.80. The van der Waals surface area contributed by atoms with Crippen LogP contribution in [0.25, 0.3) is 10.9 Å².